The molecule has 2 aromatic rings. The van der Waals surface area contributed by atoms with Crippen molar-refractivity contribution in [2.75, 3.05) is 13.1 Å². The molecule has 1 aromatic carbocycles. The van der Waals surface area contributed by atoms with Gasteiger partial charge in [-0.1, -0.05) is 17.7 Å². The summed E-state index contributed by atoms with van der Waals surface area (Å²) in [5.74, 6) is 0.525. The molecule has 21 heavy (non-hydrogen) atoms. The Labute approximate surface area is 130 Å². The van der Waals surface area contributed by atoms with E-state index in [9.17, 15) is 0 Å². The summed E-state index contributed by atoms with van der Waals surface area (Å²) in [6, 6.07) is 9.33. The topological polar surface area (TPSA) is 42.1 Å². The van der Waals surface area contributed by atoms with Gasteiger partial charge < -0.3 is 5.73 Å². The first-order chi connectivity index (χ1) is 10.3. The second-order valence-electron chi connectivity index (χ2n) is 6.23. The zero-order chi connectivity index (χ0) is 14.4. The van der Waals surface area contributed by atoms with E-state index in [-0.39, 0.29) is 0 Å². The quantitative estimate of drug-likeness (QED) is 0.945. The maximum atomic E-state index is 6.34. The number of likely N-dealkylation sites (tertiary alicyclic amines) is 1. The number of benzene rings is 1. The molecule has 0 spiro atoms. The summed E-state index contributed by atoms with van der Waals surface area (Å²) in [6.07, 6.45) is 5.70. The Hall–Kier alpha value is -1.16. The van der Waals surface area contributed by atoms with Crippen molar-refractivity contribution in [3.05, 3.63) is 41.0 Å². The van der Waals surface area contributed by atoms with Gasteiger partial charge >= 0.3 is 0 Å². The number of nitrogens with zero attached hydrogens (tertiary/aromatic N) is 2. The van der Waals surface area contributed by atoms with E-state index in [4.69, 9.17) is 17.3 Å². The van der Waals surface area contributed by atoms with Crippen LogP contribution in [0.5, 0.6) is 0 Å². The van der Waals surface area contributed by atoms with Crippen LogP contribution in [0.4, 0.5) is 0 Å². The van der Waals surface area contributed by atoms with Crippen molar-refractivity contribution in [3.8, 4) is 0 Å². The summed E-state index contributed by atoms with van der Waals surface area (Å²) in [6.45, 7) is 1.90. The number of hydrogen-bond acceptors (Lipinski definition) is 3. The second-order valence-corrected chi connectivity index (χ2v) is 6.64. The van der Waals surface area contributed by atoms with E-state index in [1.165, 1.54) is 24.8 Å². The highest BCUT2D eigenvalue weighted by Gasteiger charge is 2.42. The molecule has 110 valence electrons. The van der Waals surface area contributed by atoms with Crippen LogP contribution in [0.25, 0.3) is 10.9 Å². The molecule has 3 nitrogen and oxygen atoms in total. The van der Waals surface area contributed by atoms with E-state index in [0.29, 0.717) is 12.0 Å². The fourth-order valence-corrected chi connectivity index (χ4v) is 3.99. The first-order valence-corrected chi connectivity index (χ1v) is 8.16. The van der Waals surface area contributed by atoms with Crippen LogP contribution in [0.15, 0.2) is 30.5 Å². The van der Waals surface area contributed by atoms with Gasteiger partial charge in [0.1, 0.15) is 0 Å². The van der Waals surface area contributed by atoms with Crippen LogP contribution in [-0.2, 0) is 0 Å². The number of pyridine rings is 1. The molecule has 2 fully saturated rings. The lowest BCUT2D eigenvalue weighted by molar-refractivity contribution is 0.221. The van der Waals surface area contributed by atoms with Crippen molar-refractivity contribution in [1.82, 2.24) is 9.88 Å². The Morgan fingerprint density at radius 3 is 2.86 bits per heavy atom. The summed E-state index contributed by atoms with van der Waals surface area (Å²) in [7, 11) is 0. The standard InChI is InChI=1S/C17H20ClN3/c18-15-6-5-14(16-13(15)2-1-8-20-16)17-11(10-19)7-9-21(17)12-3-4-12/h1-2,5-6,8,11-12,17H,3-4,7,9-10,19H2. The highest BCUT2D eigenvalue weighted by molar-refractivity contribution is 6.35. The van der Waals surface area contributed by atoms with Crippen molar-refractivity contribution in [2.24, 2.45) is 11.7 Å². The first-order valence-electron chi connectivity index (χ1n) is 7.78. The molecule has 4 heteroatoms. The molecule has 2 atom stereocenters. The van der Waals surface area contributed by atoms with Crippen molar-refractivity contribution in [2.45, 2.75) is 31.3 Å². The number of aromatic nitrogens is 1. The molecule has 2 heterocycles. The fourth-order valence-electron chi connectivity index (χ4n) is 3.78. The summed E-state index contributed by atoms with van der Waals surface area (Å²) >= 11 is 6.34. The highest BCUT2D eigenvalue weighted by atomic mass is 35.5. The minimum absolute atomic E-state index is 0.400. The van der Waals surface area contributed by atoms with Crippen LogP contribution in [0.1, 0.15) is 30.9 Å². The van der Waals surface area contributed by atoms with Crippen LogP contribution in [-0.4, -0.2) is 29.0 Å². The average Bonchev–Trinajstić information content (AvgIpc) is 3.28. The molecule has 2 N–H and O–H groups in total. The van der Waals surface area contributed by atoms with Crippen molar-refractivity contribution in [3.63, 3.8) is 0 Å². The Kier molecular flexibility index (Phi) is 3.37. The predicted octanol–water partition coefficient (Wildman–Crippen LogP) is 3.37. The number of nitrogens with two attached hydrogens (primary N) is 1. The zero-order valence-electron chi connectivity index (χ0n) is 12.0. The molecule has 2 unspecified atom stereocenters. The summed E-state index contributed by atoms with van der Waals surface area (Å²) in [5.41, 5.74) is 8.39. The third-order valence-corrected chi connectivity index (χ3v) is 5.28. The van der Waals surface area contributed by atoms with Crippen LogP contribution < -0.4 is 5.73 Å². The molecule has 0 amide bonds. The van der Waals surface area contributed by atoms with E-state index in [1.807, 2.05) is 18.3 Å². The maximum absolute atomic E-state index is 6.34. The Balaban J connectivity index is 1.85. The lowest BCUT2D eigenvalue weighted by Crippen LogP contribution is -2.30. The maximum Gasteiger partial charge on any atom is 0.0764 e. The van der Waals surface area contributed by atoms with Crippen molar-refractivity contribution in [1.29, 1.82) is 0 Å². The number of hydrogen-bond donors (Lipinski definition) is 1. The SMILES string of the molecule is NCC1CCN(C2CC2)C1c1ccc(Cl)c2cccnc12. The van der Waals surface area contributed by atoms with E-state index in [1.54, 1.807) is 0 Å². The van der Waals surface area contributed by atoms with Gasteiger partial charge in [-0.15, -0.1) is 0 Å². The summed E-state index contributed by atoms with van der Waals surface area (Å²) in [4.78, 5) is 7.27. The average molecular weight is 302 g/mol. The molecule has 1 saturated carbocycles. The van der Waals surface area contributed by atoms with Gasteiger partial charge in [0.2, 0.25) is 0 Å². The minimum Gasteiger partial charge on any atom is -0.330 e. The molecule has 2 aliphatic rings. The smallest absolute Gasteiger partial charge is 0.0764 e. The molecular formula is C17H20ClN3. The Bertz CT molecular complexity index is 668. The lowest BCUT2D eigenvalue weighted by atomic mass is 9.92. The van der Waals surface area contributed by atoms with Gasteiger partial charge in [0.25, 0.3) is 0 Å². The number of rotatable bonds is 3. The van der Waals surface area contributed by atoms with Gasteiger partial charge in [-0.05, 0) is 62.0 Å². The van der Waals surface area contributed by atoms with Gasteiger partial charge in [-0.2, -0.15) is 0 Å². The number of halogens is 1. The molecule has 1 aromatic heterocycles. The molecular weight excluding hydrogens is 282 g/mol. The largest absolute Gasteiger partial charge is 0.330 e. The van der Waals surface area contributed by atoms with E-state index >= 15 is 0 Å². The van der Waals surface area contributed by atoms with E-state index in [2.05, 4.69) is 22.0 Å². The summed E-state index contributed by atoms with van der Waals surface area (Å²) < 4.78 is 0. The fraction of sp³-hybridized carbons (Fsp3) is 0.471. The second kappa shape index (κ2) is 5.24. The first kappa shape index (κ1) is 13.5. The number of fused-ring (bicyclic) bond motifs is 1. The van der Waals surface area contributed by atoms with Crippen molar-refractivity contribution < 1.29 is 0 Å². The van der Waals surface area contributed by atoms with Gasteiger partial charge in [0.05, 0.1) is 5.52 Å². The van der Waals surface area contributed by atoms with Crippen molar-refractivity contribution >= 4 is 22.5 Å². The normalized spacial score (nSPS) is 26.6. The van der Waals surface area contributed by atoms with E-state index in [0.717, 1.165) is 35.1 Å². The predicted molar refractivity (Wildman–Crippen MR) is 86.4 cm³/mol. The monoisotopic (exact) mass is 301 g/mol. The van der Waals surface area contributed by atoms with Gasteiger partial charge in [-0.25, -0.2) is 0 Å². The van der Waals surface area contributed by atoms with Crippen LogP contribution in [0.3, 0.4) is 0 Å². The summed E-state index contributed by atoms with van der Waals surface area (Å²) in [5, 5.41) is 1.83. The van der Waals surface area contributed by atoms with Gasteiger partial charge in [0.15, 0.2) is 0 Å². The minimum atomic E-state index is 0.400. The zero-order valence-corrected chi connectivity index (χ0v) is 12.8. The third kappa shape index (κ3) is 2.24. The molecule has 1 saturated heterocycles. The lowest BCUT2D eigenvalue weighted by Gasteiger charge is -2.29. The Morgan fingerprint density at radius 2 is 2.10 bits per heavy atom. The molecule has 1 aliphatic heterocycles. The molecule has 4 rings (SSSR count). The van der Waals surface area contributed by atoms with Crippen LogP contribution in [0, 0.1) is 5.92 Å². The van der Waals surface area contributed by atoms with E-state index < -0.39 is 0 Å². The van der Waals surface area contributed by atoms with Gasteiger partial charge in [0, 0.05) is 28.7 Å². The highest BCUT2D eigenvalue weighted by Crippen LogP contribution is 2.45. The molecule has 0 radical (unpaired) electrons. The molecule has 0 bridgehead atoms. The molecule has 1 aliphatic carbocycles. The van der Waals surface area contributed by atoms with Crippen LogP contribution in [0.2, 0.25) is 5.02 Å². The van der Waals surface area contributed by atoms with Gasteiger partial charge in [-0.3, -0.25) is 9.88 Å². The van der Waals surface area contributed by atoms with Crippen LogP contribution >= 0.6 is 11.6 Å². The third-order valence-electron chi connectivity index (χ3n) is 4.95. The Morgan fingerprint density at radius 1 is 1.24 bits per heavy atom.